The van der Waals surface area contributed by atoms with Gasteiger partial charge in [0.05, 0.1) is 0 Å². The van der Waals surface area contributed by atoms with Crippen LogP contribution in [-0.4, -0.2) is 18.7 Å². The molecule has 2 N–H and O–H groups in total. The molecular formula is C10H8N2O4. The molecule has 1 unspecified atom stereocenters. The van der Waals surface area contributed by atoms with Crippen molar-refractivity contribution in [1.29, 1.82) is 0 Å². The van der Waals surface area contributed by atoms with Crippen molar-refractivity contribution in [2.75, 3.05) is 6.79 Å². The van der Waals surface area contributed by atoms with Gasteiger partial charge in [0.15, 0.2) is 11.5 Å². The molecule has 3 rings (SSSR count). The lowest BCUT2D eigenvalue weighted by atomic mass is 10.1. The fourth-order valence-corrected chi connectivity index (χ4v) is 1.65. The second-order valence-electron chi connectivity index (χ2n) is 3.40. The smallest absolute Gasteiger partial charge is 0.296 e. The second kappa shape index (κ2) is 3.13. The van der Waals surface area contributed by atoms with E-state index in [0.717, 1.165) is 0 Å². The highest BCUT2D eigenvalue weighted by Gasteiger charge is 2.30. The van der Waals surface area contributed by atoms with Crippen molar-refractivity contribution in [2.45, 2.75) is 6.10 Å². The number of fused-ring (bicyclic) bond motifs is 1. The van der Waals surface area contributed by atoms with Crippen molar-refractivity contribution < 1.29 is 19.0 Å². The Labute approximate surface area is 90.6 Å². The van der Waals surface area contributed by atoms with Crippen molar-refractivity contribution >= 4 is 11.9 Å². The average molecular weight is 220 g/mol. The first-order chi connectivity index (χ1) is 7.74. The largest absolute Gasteiger partial charge is 0.454 e. The van der Waals surface area contributed by atoms with E-state index in [2.05, 4.69) is 4.99 Å². The lowest BCUT2D eigenvalue weighted by Gasteiger charge is -2.08. The lowest BCUT2D eigenvalue weighted by molar-refractivity contribution is -0.122. The lowest BCUT2D eigenvalue weighted by Crippen LogP contribution is -2.13. The molecule has 1 aromatic carbocycles. The number of nitrogens with two attached hydrogens (primary N) is 1. The molecule has 1 atom stereocenters. The summed E-state index contributed by atoms with van der Waals surface area (Å²) in [5.74, 6) is 0.846. The Kier molecular flexibility index (Phi) is 1.76. The number of benzene rings is 1. The first-order valence-electron chi connectivity index (χ1n) is 4.68. The molecule has 0 spiro atoms. The number of ether oxygens (including phenoxy) is 3. The van der Waals surface area contributed by atoms with Crippen LogP contribution in [0.5, 0.6) is 11.5 Å². The Morgan fingerprint density at radius 3 is 2.88 bits per heavy atom. The van der Waals surface area contributed by atoms with Gasteiger partial charge in [-0.1, -0.05) is 6.07 Å². The van der Waals surface area contributed by atoms with Crippen molar-refractivity contribution in [3.8, 4) is 11.5 Å². The minimum Gasteiger partial charge on any atom is -0.454 e. The molecule has 2 aliphatic heterocycles. The highest BCUT2D eigenvalue weighted by molar-refractivity contribution is 5.98. The molecule has 0 fully saturated rings. The van der Waals surface area contributed by atoms with Gasteiger partial charge in [0.1, 0.15) is 0 Å². The van der Waals surface area contributed by atoms with Gasteiger partial charge in [0.25, 0.3) is 11.9 Å². The summed E-state index contributed by atoms with van der Waals surface area (Å²) in [5, 5.41) is 0. The van der Waals surface area contributed by atoms with E-state index in [1.54, 1.807) is 18.2 Å². The molecule has 0 aromatic heterocycles. The van der Waals surface area contributed by atoms with E-state index in [1.165, 1.54) is 0 Å². The fourth-order valence-electron chi connectivity index (χ4n) is 1.65. The summed E-state index contributed by atoms with van der Waals surface area (Å²) in [5.41, 5.74) is 5.97. The molecule has 0 aliphatic carbocycles. The van der Waals surface area contributed by atoms with Gasteiger partial charge in [-0.05, 0) is 12.1 Å². The third-order valence-corrected chi connectivity index (χ3v) is 2.38. The van der Waals surface area contributed by atoms with E-state index >= 15 is 0 Å². The first-order valence-corrected chi connectivity index (χ1v) is 4.68. The van der Waals surface area contributed by atoms with Crippen LogP contribution in [0.15, 0.2) is 23.2 Å². The molecule has 2 heterocycles. The number of amides is 1. The molecule has 82 valence electrons. The Morgan fingerprint density at radius 2 is 2.12 bits per heavy atom. The van der Waals surface area contributed by atoms with Gasteiger partial charge in [0.2, 0.25) is 12.9 Å². The molecule has 6 heteroatoms. The number of hydrogen-bond acceptors (Lipinski definition) is 5. The van der Waals surface area contributed by atoms with E-state index in [0.29, 0.717) is 17.1 Å². The molecule has 6 nitrogen and oxygen atoms in total. The SMILES string of the molecule is NC1=NC(=O)C(c2ccc3c(c2)OCO3)O1. The molecular weight excluding hydrogens is 212 g/mol. The maximum atomic E-state index is 11.4. The summed E-state index contributed by atoms with van der Waals surface area (Å²) < 4.78 is 15.5. The van der Waals surface area contributed by atoms with Crippen LogP contribution in [0.1, 0.15) is 11.7 Å². The van der Waals surface area contributed by atoms with Gasteiger partial charge in [0, 0.05) is 5.56 Å². The second-order valence-corrected chi connectivity index (χ2v) is 3.40. The number of rotatable bonds is 1. The van der Waals surface area contributed by atoms with Gasteiger partial charge >= 0.3 is 0 Å². The van der Waals surface area contributed by atoms with Gasteiger partial charge in [-0.3, -0.25) is 4.79 Å². The minimum absolute atomic E-state index is 0.104. The third-order valence-electron chi connectivity index (χ3n) is 2.38. The molecule has 1 aromatic rings. The van der Waals surface area contributed by atoms with Crippen molar-refractivity contribution in [3.63, 3.8) is 0 Å². The highest BCUT2D eigenvalue weighted by Crippen LogP contribution is 2.35. The van der Waals surface area contributed by atoms with Gasteiger partial charge in [-0.15, -0.1) is 0 Å². The molecule has 2 aliphatic rings. The van der Waals surface area contributed by atoms with Crippen LogP contribution in [-0.2, 0) is 9.53 Å². The normalized spacial score (nSPS) is 21.9. The Balaban J connectivity index is 1.94. The van der Waals surface area contributed by atoms with Crippen LogP contribution in [0.2, 0.25) is 0 Å². The quantitative estimate of drug-likeness (QED) is 0.737. The molecule has 0 saturated heterocycles. The van der Waals surface area contributed by atoms with Crippen LogP contribution >= 0.6 is 0 Å². The van der Waals surface area contributed by atoms with Crippen LogP contribution in [0, 0.1) is 0 Å². The molecule has 0 radical (unpaired) electrons. The van der Waals surface area contributed by atoms with Crippen LogP contribution in [0.25, 0.3) is 0 Å². The molecule has 0 saturated carbocycles. The van der Waals surface area contributed by atoms with Crippen LogP contribution in [0.3, 0.4) is 0 Å². The van der Waals surface area contributed by atoms with Crippen molar-refractivity contribution in [2.24, 2.45) is 10.7 Å². The first kappa shape index (κ1) is 9.02. The number of carbonyl (C=O) groups is 1. The predicted molar refractivity (Wildman–Crippen MR) is 53.0 cm³/mol. The number of carbonyl (C=O) groups excluding carboxylic acids is 1. The number of aliphatic imine (C=N–C) groups is 1. The average Bonchev–Trinajstić information content (AvgIpc) is 2.83. The maximum Gasteiger partial charge on any atom is 0.296 e. The molecule has 1 amide bonds. The molecule has 16 heavy (non-hydrogen) atoms. The molecule has 0 bridgehead atoms. The standard InChI is InChI=1S/C10H8N2O4/c11-10-12-9(13)8(16-10)5-1-2-6-7(3-5)15-4-14-6/h1-3,8H,4H2,(H2,11,12,13). The summed E-state index contributed by atoms with van der Waals surface area (Å²) in [6, 6.07) is 5.04. The maximum absolute atomic E-state index is 11.4. The van der Waals surface area contributed by atoms with Gasteiger partial charge < -0.3 is 19.9 Å². The topological polar surface area (TPSA) is 83.1 Å². The Morgan fingerprint density at radius 1 is 1.31 bits per heavy atom. The zero-order valence-corrected chi connectivity index (χ0v) is 8.17. The van der Waals surface area contributed by atoms with Crippen molar-refractivity contribution in [1.82, 2.24) is 0 Å². The Bertz CT molecular complexity index is 498. The number of hydrogen-bond donors (Lipinski definition) is 1. The highest BCUT2D eigenvalue weighted by atomic mass is 16.7. The van der Waals surface area contributed by atoms with Gasteiger partial charge in [-0.25, -0.2) is 0 Å². The third kappa shape index (κ3) is 1.27. The predicted octanol–water partition coefficient (Wildman–Crippen LogP) is 0.328. The summed E-state index contributed by atoms with van der Waals surface area (Å²) >= 11 is 0. The number of nitrogens with zero attached hydrogens (tertiary/aromatic N) is 1. The summed E-state index contributed by atoms with van der Waals surface area (Å²) in [4.78, 5) is 14.9. The van der Waals surface area contributed by atoms with Crippen molar-refractivity contribution in [3.05, 3.63) is 23.8 Å². The van der Waals surface area contributed by atoms with Gasteiger partial charge in [-0.2, -0.15) is 4.99 Å². The summed E-state index contributed by atoms with van der Waals surface area (Å²) in [7, 11) is 0. The monoisotopic (exact) mass is 220 g/mol. The summed E-state index contributed by atoms with van der Waals surface area (Å²) in [6.07, 6.45) is -0.769. The summed E-state index contributed by atoms with van der Waals surface area (Å²) in [6.45, 7) is 0.191. The number of amidine groups is 1. The minimum atomic E-state index is -0.769. The van der Waals surface area contributed by atoms with E-state index in [1.807, 2.05) is 0 Å². The zero-order valence-electron chi connectivity index (χ0n) is 8.17. The van der Waals surface area contributed by atoms with Crippen LogP contribution in [0.4, 0.5) is 0 Å². The van der Waals surface area contributed by atoms with E-state index in [9.17, 15) is 4.79 Å². The van der Waals surface area contributed by atoms with E-state index in [-0.39, 0.29) is 12.8 Å². The Hall–Kier alpha value is -2.24. The van der Waals surface area contributed by atoms with Crippen LogP contribution < -0.4 is 15.2 Å². The fraction of sp³-hybridized carbons (Fsp3) is 0.200. The zero-order chi connectivity index (χ0) is 11.1. The van der Waals surface area contributed by atoms with E-state index in [4.69, 9.17) is 19.9 Å². The van der Waals surface area contributed by atoms with E-state index < -0.39 is 12.0 Å².